The lowest BCUT2D eigenvalue weighted by atomic mass is 10.2. The minimum Gasteiger partial charge on any atom is -0.366 e. The van der Waals surface area contributed by atoms with Crippen LogP contribution in [0.1, 0.15) is 52.4 Å². The summed E-state index contributed by atoms with van der Waals surface area (Å²) in [5.41, 5.74) is 0. The van der Waals surface area contributed by atoms with E-state index in [2.05, 4.69) is 9.78 Å². The van der Waals surface area contributed by atoms with E-state index < -0.39 is 12.6 Å². The van der Waals surface area contributed by atoms with Gasteiger partial charge in [0, 0.05) is 12.8 Å². The van der Waals surface area contributed by atoms with Gasteiger partial charge >= 0.3 is 0 Å². The summed E-state index contributed by atoms with van der Waals surface area (Å²) in [5.74, 6) is 0. The lowest BCUT2D eigenvalue weighted by Crippen LogP contribution is -2.19. The molecule has 0 aromatic carbocycles. The van der Waals surface area contributed by atoms with Crippen molar-refractivity contribution in [2.75, 3.05) is 0 Å². The fraction of sp³-hybridized carbons (Fsp3) is 1.00. The maximum absolute atomic E-state index is 9.20. The van der Waals surface area contributed by atoms with Crippen LogP contribution in [0.15, 0.2) is 0 Å². The van der Waals surface area contributed by atoms with Gasteiger partial charge in [-0.2, -0.15) is 0 Å². The van der Waals surface area contributed by atoms with Crippen molar-refractivity contribution in [3.8, 4) is 0 Å². The first-order valence-corrected chi connectivity index (χ1v) is 5.39. The molecule has 0 amide bonds. The Morgan fingerprint density at radius 2 is 1.21 bits per heavy atom. The number of hydrogen-bond acceptors (Lipinski definition) is 4. The molecule has 0 aromatic heterocycles. The highest BCUT2D eigenvalue weighted by atomic mass is 17.2. The third-order valence-corrected chi connectivity index (χ3v) is 1.89. The molecule has 0 fully saturated rings. The van der Waals surface area contributed by atoms with Gasteiger partial charge in [0.25, 0.3) is 0 Å². The van der Waals surface area contributed by atoms with E-state index in [-0.39, 0.29) is 0 Å². The van der Waals surface area contributed by atoms with E-state index in [9.17, 15) is 10.2 Å². The third kappa shape index (κ3) is 8.44. The second-order valence-corrected chi connectivity index (χ2v) is 3.39. The van der Waals surface area contributed by atoms with Gasteiger partial charge in [-0.25, -0.2) is 9.78 Å². The SMILES string of the molecule is CCCCC(O)OOC(O)CCCC. The van der Waals surface area contributed by atoms with E-state index in [0.717, 1.165) is 25.7 Å². The molecule has 0 rings (SSSR count). The van der Waals surface area contributed by atoms with Crippen molar-refractivity contribution < 1.29 is 20.0 Å². The predicted octanol–water partition coefficient (Wildman–Crippen LogP) is 1.95. The van der Waals surface area contributed by atoms with Gasteiger partial charge in [-0.3, -0.25) is 0 Å². The standard InChI is InChI=1S/C10H22O4/c1-3-5-7-9(11)13-14-10(12)8-6-4-2/h9-12H,3-8H2,1-2H3. The molecular weight excluding hydrogens is 184 g/mol. The minimum absolute atomic E-state index is 0.539. The normalized spacial score (nSPS) is 15.4. The molecule has 0 heterocycles. The van der Waals surface area contributed by atoms with Crippen LogP contribution in [-0.4, -0.2) is 22.8 Å². The Kier molecular flexibility index (Phi) is 9.29. The van der Waals surface area contributed by atoms with Crippen LogP contribution < -0.4 is 0 Å². The number of aliphatic hydroxyl groups is 2. The summed E-state index contributed by atoms with van der Waals surface area (Å²) in [6.45, 7) is 4.06. The lowest BCUT2D eigenvalue weighted by molar-refractivity contribution is -0.424. The molecule has 2 unspecified atom stereocenters. The van der Waals surface area contributed by atoms with Crippen LogP contribution in [-0.2, 0) is 9.78 Å². The van der Waals surface area contributed by atoms with Gasteiger partial charge in [0.1, 0.15) is 0 Å². The number of hydrogen-bond donors (Lipinski definition) is 2. The van der Waals surface area contributed by atoms with Crippen LogP contribution in [0.2, 0.25) is 0 Å². The van der Waals surface area contributed by atoms with Crippen LogP contribution in [0, 0.1) is 0 Å². The van der Waals surface area contributed by atoms with Crippen LogP contribution in [0.4, 0.5) is 0 Å². The highest BCUT2D eigenvalue weighted by Gasteiger charge is 2.09. The van der Waals surface area contributed by atoms with Gasteiger partial charge in [-0.1, -0.05) is 26.7 Å². The van der Waals surface area contributed by atoms with Crippen molar-refractivity contribution in [3.63, 3.8) is 0 Å². The van der Waals surface area contributed by atoms with Crippen molar-refractivity contribution >= 4 is 0 Å². The average molecular weight is 206 g/mol. The topological polar surface area (TPSA) is 58.9 Å². The molecule has 0 saturated carbocycles. The molecule has 0 aliphatic rings. The molecular formula is C10H22O4. The van der Waals surface area contributed by atoms with E-state index in [0.29, 0.717) is 12.8 Å². The van der Waals surface area contributed by atoms with Gasteiger partial charge < -0.3 is 10.2 Å². The predicted molar refractivity (Wildman–Crippen MR) is 53.2 cm³/mol. The highest BCUT2D eigenvalue weighted by Crippen LogP contribution is 2.06. The number of aliphatic hydroxyl groups excluding tert-OH is 2. The Morgan fingerprint density at radius 3 is 1.50 bits per heavy atom. The van der Waals surface area contributed by atoms with Crippen LogP contribution in [0.25, 0.3) is 0 Å². The van der Waals surface area contributed by atoms with Crippen LogP contribution in [0.3, 0.4) is 0 Å². The second-order valence-electron chi connectivity index (χ2n) is 3.39. The lowest BCUT2D eigenvalue weighted by Gasteiger charge is -2.13. The first-order valence-electron chi connectivity index (χ1n) is 5.39. The molecule has 2 atom stereocenters. The zero-order valence-electron chi connectivity index (χ0n) is 9.11. The fourth-order valence-corrected chi connectivity index (χ4v) is 0.982. The van der Waals surface area contributed by atoms with Crippen molar-refractivity contribution in [3.05, 3.63) is 0 Å². The first kappa shape index (κ1) is 13.8. The molecule has 86 valence electrons. The van der Waals surface area contributed by atoms with Crippen molar-refractivity contribution in [1.82, 2.24) is 0 Å². The zero-order chi connectivity index (χ0) is 10.8. The molecule has 4 nitrogen and oxygen atoms in total. The molecule has 0 bridgehead atoms. The summed E-state index contributed by atoms with van der Waals surface area (Å²) in [5, 5.41) is 18.4. The number of unbranched alkanes of at least 4 members (excludes halogenated alkanes) is 2. The minimum atomic E-state index is -0.925. The maximum Gasteiger partial charge on any atom is 0.188 e. The molecule has 14 heavy (non-hydrogen) atoms. The summed E-state index contributed by atoms with van der Waals surface area (Å²) in [4.78, 5) is 9.22. The van der Waals surface area contributed by atoms with E-state index >= 15 is 0 Å². The first-order chi connectivity index (χ1) is 6.70. The van der Waals surface area contributed by atoms with Crippen molar-refractivity contribution in [1.29, 1.82) is 0 Å². The molecule has 4 heteroatoms. The summed E-state index contributed by atoms with van der Waals surface area (Å²) < 4.78 is 0. The molecule has 0 aliphatic heterocycles. The molecule has 0 aliphatic carbocycles. The monoisotopic (exact) mass is 206 g/mol. The van der Waals surface area contributed by atoms with E-state index in [1.807, 2.05) is 13.8 Å². The summed E-state index contributed by atoms with van der Waals surface area (Å²) >= 11 is 0. The largest absolute Gasteiger partial charge is 0.366 e. The Bertz CT molecular complexity index is 105. The fourth-order valence-electron chi connectivity index (χ4n) is 0.982. The van der Waals surface area contributed by atoms with Crippen molar-refractivity contribution in [2.24, 2.45) is 0 Å². The quantitative estimate of drug-likeness (QED) is 0.344. The van der Waals surface area contributed by atoms with E-state index in [1.165, 1.54) is 0 Å². The Labute approximate surface area is 85.8 Å². The van der Waals surface area contributed by atoms with Crippen molar-refractivity contribution in [2.45, 2.75) is 65.0 Å². The Morgan fingerprint density at radius 1 is 0.857 bits per heavy atom. The summed E-state index contributed by atoms with van der Waals surface area (Å²) in [6, 6.07) is 0. The molecule has 2 N–H and O–H groups in total. The Balaban J connectivity index is 3.31. The van der Waals surface area contributed by atoms with Gasteiger partial charge in [0.2, 0.25) is 0 Å². The van der Waals surface area contributed by atoms with Gasteiger partial charge in [0.15, 0.2) is 12.6 Å². The average Bonchev–Trinajstić information content (AvgIpc) is 2.20. The van der Waals surface area contributed by atoms with Crippen LogP contribution >= 0.6 is 0 Å². The van der Waals surface area contributed by atoms with Crippen LogP contribution in [0.5, 0.6) is 0 Å². The Hall–Kier alpha value is -0.160. The van der Waals surface area contributed by atoms with Gasteiger partial charge in [-0.15, -0.1) is 0 Å². The van der Waals surface area contributed by atoms with E-state index in [4.69, 9.17) is 0 Å². The van der Waals surface area contributed by atoms with Gasteiger partial charge in [-0.05, 0) is 12.8 Å². The molecule has 0 saturated heterocycles. The molecule has 0 radical (unpaired) electrons. The highest BCUT2D eigenvalue weighted by molar-refractivity contribution is 4.41. The van der Waals surface area contributed by atoms with E-state index in [1.54, 1.807) is 0 Å². The second kappa shape index (κ2) is 9.40. The summed E-state index contributed by atoms with van der Waals surface area (Å²) in [6.07, 6.45) is 2.99. The maximum atomic E-state index is 9.20. The summed E-state index contributed by atoms with van der Waals surface area (Å²) in [7, 11) is 0. The third-order valence-electron chi connectivity index (χ3n) is 1.89. The molecule has 0 spiro atoms. The smallest absolute Gasteiger partial charge is 0.188 e. The zero-order valence-corrected chi connectivity index (χ0v) is 9.11. The number of rotatable bonds is 9. The van der Waals surface area contributed by atoms with Gasteiger partial charge in [0.05, 0.1) is 0 Å². The molecule has 0 aromatic rings.